The van der Waals surface area contributed by atoms with Gasteiger partial charge in [-0.1, -0.05) is 0 Å². The molecule has 1 aliphatic carbocycles. The maximum atomic E-state index is 11.5. The number of halogens is 1. The lowest BCUT2D eigenvalue weighted by Crippen LogP contribution is -2.12. The van der Waals surface area contributed by atoms with Crippen LogP contribution in [0.15, 0.2) is 6.20 Å². The van der Waals surface area contributed by atoms with Gasteiger partial charge in [-0.2, -0.15) is 15.5 Å². The molecule has 0 atom stereocenters. The summed E-state index contributed by atoms with van der Waals surface area (Å²) < 4.78 is 1.51. The lowest BCUT2D eigenvalue weighted by molar-refractivity contribution is 0.0681. The molecule has 2 heterocycles. The second-order valence-corrected chi connectivity index (χ2v) is 4.73. The molecule has 2 aromatic rings. The number of aromatic amines is 1. The molecule has 110 valence electrons. The topological polar surface area (TPSA) is 108 Å². The fraction of sp³-hybridized carbons (Fsp3) is 0.385. The number of carboxylic acids is 1. The first-order chi connectivity index (χ1) is 9.72. The summed E-state index contributed by atoms with van der Waals surface area (Å²) in [5.41, 5.74) is 3.59. The molecule has 3 rings (SSSR count). The Morgan fingerprint density at radius 1 is 1.52 bits per heavy atom. The van der Waals surface area contributed by atoms with Crippen molar-refractivity contribution in [2.75, 3.05) is 0 Å². The summed E-state index contributed by atoms with van der Waals surface area (Å²) in [4.78, 5) is 11.5. The van der Waals surface area contributed by atoms with Crippen molar-refractivity contribution in [3.8, 4) is 17.3 Å². The Bertz CT molecular complexity index is 713. The molecule has 8 heteroatoms. The van der Waals surface area contributed by atoms with Crippen molar-refractivity contribution in [3.63, 3.8) is 0 Å². The largest absolute Gasteiger partial charge is 0.477 e. The van der Waals surface area contributed by atoms with Gasteiger partial charge in [0.05, 0.1) is 18.0 Å². The third-order valence-corrected chi connectivity index (χ3v) is 3.51. The number of rotatable bonds is 4. The van der Waals surface area contributed by atoms with Gasteiger partial charge in [0.25, 0.3) is 0 Å². The van der Waals surface area contributed by atoms with Crippen molar-refractivity contribution >= 4 is 18.4 Å². The summed E-state index contributed by atoms with van der Waals surface area (Å²) in [5, 5.41) is 29.3. The van der Waals surface area contributed by atoms with Crippen LogP contribution in [0.1, 0.15) is 34.6 Å². The Labute approximate surface area is 127 Å². The fourth-order valence-corrected chi connectivity index (χ4v) is 2.62. The van der Waals surface area contributed by atoms with Crippen LogP contribution in [0.25, 0.3) is 11.3 Å². The van der Waals surface area contributed by atoms with Gasteiger partial charge in [-0.25, -0.2) is 4.79 Å². The van der Waals surface area contributed by atoms with Gasteiger partial charge in [-0.15, -0.1) is 12.4 Å². The van der Waals surface area contributed by atoms with Crippen molar-refractivity contribution in [3.05, 3.63) is 23.1 Å². The molecule has 0 aliphatic heterocycles. The number of fused-ring (bicyclic) bond motifs is 3. The smallest absolute Gasteiger partial charge is 0.354 e. The standard InChI is InChI=1S/C13H13N5O2.ClH/c14-5-1-2-6-18-12(13(19)20)8-3-4-10-9(7-15-16-10)11(8)17-18;/h7H,1-4,6H2,(H,15,16)(H,19,20);1H. The number of unbranched alkanes of at least 4 members (excludes halogenated alkanes) is 1. The molecule has 21 heavy (non-hydrogen) atoms. The van der Waals surface area contributed by atoms with Crippen LogP contribution in [0.4, 0.5) is 0 Å². The predicted molar refractivity (Wildman–Crippen MR) is 76.3 cm³/mol. The molecular formula is C13H14ClN5O2. The normalized spacial score (nSPS) is 12.0. The summed E-state index contributed by atoms with van der Waals surface area (Å²) >= 11 is 0. The molecule has 0 saturated carbocycles. The van der Waals surface area contributed by atoms with E-state index < -0.39 is 5.97 Å². The minimum Gasteiger partial charge on any atom is -0.477 e. The van der Waals surface area contributed by atoms with E-state index in [4.69, 9.17) is 5.26 Å². The quantitative estimate of drug-likeness (QED) is 0.837. The summed E-state index contributed by atoms with van der Waals surface area (Å²) in [6.45, 7) is 0.440. The third kappa shape index (κ3) is 2.50. The Hall–Kier alpha value is -2.33. The number of H-pyrrole nitrogens is 1. The van der Waals surface area contributed by atoms with E-state index in [0.717, 1.165) is 23.2 Å². The molecule has 0 radical (unpaired) electrons. The Morgan fingerprint density at radius 2 is 2.33 bits per heavy atom. The van der Waals surface area contributed by atoms with Gasteiger partial charge in [0.1, 0.15) is 5.69 Å². The number of carbonyl (C=O) groups is 1. The number of hydrogen-bond donors (Lipinski definition) is 2. The van der Waals surface area contributed by atoms with Crippen molar-refractivity contribution in [2.24, 2.45) is 0 Å². The first-order valence-electron chi connectivity index (χ1n) is 6.45. The number of hydrogen-bond acceptors (Lipinski definition) is 4. The summed E-state index contributed by atoms with van der Waals surface area (Å²) in [7, 11) is 0. The zero-order valence-corrected chi connectivity index (χ0v) is 12.0. The maximum absolute atomic E-state index is 11.5. The van der Waals surface area contributed by atoms with Crippen LogP contribution in [-0.2, 0) is 19.4 Å². The summed E-state index contributed by atoms with van der Waals surface area (Å²) in [6, 6.07) is 2.06. The molecule has 0 saturated heterocycles. The van der Waals surface area contributed by atoms with E-state index in [1.807, 2.05) is 0 Å². The Morgan fingerprint density at radius 3 is 3.05 bits per heavy atom. The Balaban J connectivity index is 0.00000161. The van der Waals surface area contributed by atoms with Crippen LogP contribution in [0.2, 0.25) is 0 Å². The Kier molecular flexibility index (Phi) is 4.29. The summed E-state index contributed by atoms with van der Waals surface area (Å²) in [5.74, 6) is -0.970. The minimum absolute atomic E-state index is 0. The average molecular weight is 308 g/mol. The van der Waals surface area contributed by atoms with Crippen LogP contribution in [0.3, 0.4) is 0 Å². The highest BCUT2D eigenvalue weighted by atomic mass is 35.5. The van der Waals surface area contributed by atoms with Crippen LogP contribution in [-0.4, -0.2) is 31.1 Å². The van der Waals surface area contributed by atoms with Crippen molar-refractivity contribution in [2.45, 2.75) is 32.2 Å². The van der Waals surface area contributed by atoms with E-state index in [2.05, 4.69) is 21.4 Å². The number of carboxylic acid groups (broad SMARTS) is 1. The van der Waals surface area contributed by atoms with Crippen LogP contribution in [0.5, 0.6) is 0 Å². The lowest BCUT2D eigenvalue weighted by atomic mass is 9.94. The number of nitriles is 1. The highest BCUT2D eigenvalue weighted by molar-refractivity contribution is 5.90. The molecule has 1 aliphatic rings. The molecule has 2 aromatic heterocycles. The van der Waals surface area contributed by atoms with E-state index in [9.17, 15) is 9.90 Å². The van der Waals surface area contributed by atoms with Gasteiger partial charge >= 0.3 is 5.97 Å². The zero-order valence-electron chi connectivity index (χ0n) is 11.2. The molecule has 0 amide bonds. The number of aromatic nitrogens is 4. The van der Waals surface area contributed by atoms with Crippen molar-refractivity contribution in [1.82, 2.24) is 20.0 Å². The van der Waals surface area contributed by atoms with E-state index in [1.54, 1.807) is 6.20 Å². The monoisotopic (exact) mass is 307 g/mol. The molecule has 0 fully saturated rings. The van der Waals surface area contributed by atoms with Gasteiger partial charge in [0.2, 0.25) is 0 Å². The van der Waals surface area contributed by atoms with Gasteiger partial charge in [0, 0.05) is 29.8 Å². The van der Waals surface area contributed by atoms with Crippen molar-refractivity contribution in [1.29, 1.82) is 5.26 Å². The molecule has 0 spiro atoms. The number of aromatic carboxylic acids is 1. The summed E-state index contributed by atoms with van der Waals surface area (Å²) in [6.07, 6.45) is 4.05. The number of nitrogens with one attached hydrogen (secondary N) is 1. The fourth-order valence-electron chi connectivity index (χ4n) is 2.62. The maximum Gasteiger partial charge on any atom is 0.354 e. The second-order valence-electron chi connectivity index (χ2n) is 4.73. The predicted octanol–water partition coefficient (Wildman–Crippen LogP) is 1.80. The molecular weight excluding hydrogens is 294 g/mol. The molecule has 0 aromatic carbocycles. The second kappa shape index (κ2) is 5.97. The van der Waals surface area contributed by atoms with E-state index >= 15 is 0 Å². The van der Waals surface area contributed by atoms with Crippen LogP contribution < -0.4 is 0 Å². The third-order valence-electron chi connectivity index (χ3n) is 3.51. The number of nitrogens with zero attached hydrogens (tertiary/aromatic N) is 4. The lowest BCUT2D eigenvalue weighted by Gasteiger charge is -2.10. The highest BCUT2D eigenvalue weighted by Gasteiger charge is 2.28. The van der Waals surface area contributed by atoms with Gasteiger partial charge < -0.3 is 5.11 Å². The average Bonchev–Trinajstić information content (AvgIpc) is 3.01. The first-order valence-corrected chi connectivity index (χ1v) is 6.45. The van der Waals surface area contributed by atoms with Crippen LogP contribution in [0, 0.1) is 11.3 Å². The molecule has 0 bridgehead atoms. The van der Waals surface area contributed by atoms with E-state index in [-0.39, 0.29) is 18.1 Å². The molecule has 2 N–H and O–H groups in total. The van der Waals surface area contributed by atoms with Gasteiger partial charge in [-0.05, 0) is 19.3 Å². The van der Waals surface area contributed by atoms with Crippen LogP contribution >= 0.6 is 12.4 Å². The minimum atomic E-state index is -0.970. The van der Waals surface area contributed by atoms with Crippen molar-refractivity contribution < 1.29 is 9.90 Å². The van der Waals surface area contributed by atoms with Gasteiger partial charge in [-0.3, -0.25) is 9.78 Å². The number of aryl methyl sites for hydroxylation is 2. The van der Waals surface area contributed by atoms with E-state index in [1.165, 1.54) is 4.68 Å². The first kappa shape index (κ1) is 15.1. The molecule has 0 unspecified atom stereocenters. The SMILES string of the molecule is Cl.N#CCCCn1nc2c(c1C(=O)O)CCc1[nH]ncc1-2. The highest BCUT2D eigenvalue weighted by Crippen LogP contribution is 2.33. The molecule has 7 nitrogen and oxygen atoms in total. The van der Waals surface area contributed by atoms with E-state index in [0.29, 0.717) is 31.5 Å². The zero-order chi connectivity index (χ0) is 14.1. The van der Waals surface area contributed by atoms with Gasteiger partial charge in [0.15, 0.2) is 0 Å².